The highest BCUT2D eigenvalue weighted by Crippen LogP contribution is 2.25. The van der Waals surface area contributed by atoms with E-state index in [0.29, 0.717) is 28.9 Å². The molecule has 1 aliphatic rings. The van der Waals surface area contributed by atoms with Gasteiger partial charge in [0.15, 0.2) is 5.82 Å². The molecule has 0 radical (unpaired) electrons. The second-order valence-corrected chi connectivity index (χ2v) is 8.17. The highest BCUT2D eigenvalue weighted by molar-refractivity contribution is 6.32. The van der Waals surface area contributed by atoms with E-state index in [1.54, 1.807) is 24.5 Å². The van der Waals surface area contributed by atoms with Gasteiger partial charge in [0.1, 0.15) is 5.02 Å². The van der Waals surface area contributed by atoms with Crippen molar-refractivity contribution < 1.29 is 4.79 Å². The molecule has 0 aliphatic carbocycles. The molecule has 6 bridgehead atoms. The number of carbonyl (C=O) groups is 1. The first kappa shape index (κ1) is 20.9. The summed E-state index contributed by atoms with van der Waals surface area (Å²) in [7, 11) is 0. The van der Waals surface area contributed by atoms with E-state index in [0.717, 1.165) is 40.9 Å². The predicted octanol–water partition coefficient (Wildman–Crippen LogP) is 5.23. The monoisotopic (exact) mass is 456 g/mol. The van der Waals surface area contributed by atoms with Crippen molar-refractivity contribution in [1.82, 2.24) is 15.0 Å². The number of aromatic nitrogens is 3. The third-order valence-electron chi connectivity index (χ3n) is 5.39. The number of pyridine rings is 1. The number of amides is 1. The van der Waals surface area contributed by atoms with E-state index in [1.165, 1.54) is 0 Å². The van der Waals surface area contributed by atoms with E-state index in [-0.39, 0.29) is 5.91 Å². The molecule has 0 spiro atoms. The third-order valence-corrected chi connectivity index (χ3v) is 5.67. The van der Waals surface area contributed by atoms with Gasteiger partial charge in [-0.2, -0.15) is 4.98 Å². The number of carbonyl (C=O) groups excluding carboxylic acids is 1. The van der Waals surface area contributed by atoms with Gasteiger partial charge >= 0.3 is 0 Å². The van der Waals surface area contributed by atoms with Gasteiger partial charge in [-0.1, -0.05) is 41.9 Å². The summed E-state index contributed by atoms with van der Waals surface area (Å²) in [6.45, 7) is 0.531. The number of anilines is 4. The van der Waals surface area contributed by atoms with Crippen LogP contribution < -0.4 is 16.0 Å². The average molecular weight is 457 g/mol. The lowest BCUT2D eigenvalue weighted by Gasteiger charge is -2.16. The zero-order valence-electron chi connectivity index (χ0n) is 17.7. The van der Waals surface area contributed by atoms with Crippen LogP contribution in [0.3, 0.4) is 0 Å². The Kier molecular flexibility index (Phi) is 5.87. The summed E-state index contributed by atoms with van der Waals surface area (Å²) >= 11 is 6.30. The van der Waals surface area contributed by atoms with Gasteiger partial charge < -0.3 is 16.0 Å². The summed E-state index contributed by atoms with van der Waals surface area (Å²) in [5.74, 6) is 0.848. The quantitative estimate of drug-likeness (QED) is 0.382. The first-order valence-corrected chi connectivity index (χ1v) is 11.0. The van der Waals surface area contributed by atoms with Crippen molar-refractivity contribution in [2.45, 2.75) is 19.4 Å². The molecule has 0 fully saturated rings. The fourth-order valence-electron chi connectivity index (χ4n) is 3.71. The van der Waals surface area contributed by atoms with Crippen LogP contribution in [0.15, 0.2) is 73.2 Å². The lowest BCUT2D eigenvalue weighted by Crippen LogP contribution is -2.14. The molecule has 1 aliphatic heterocycles. The van der Waals surface area contributed by atoms with E-state index in [1.807, 2.05) is 42.6 Å². The molecule has 3 heterocycles. The van der Waals surface area contributed by atoms with E-state index in [2.05, 4.69) is 37.0 Å². The molecule has 5 rings (SSSR count). The average Bonchev–Trinajstić information content (AvgIpc) is 2.84. The Morgan fingerprint density at radius 1 is 0.970 bits per heavy atom. The van der Waals surface area contributed by atoms with Gasteiger partial charge in [0.05, 0.1) is 18.1 Å². The summed E-state index contributed by atoms with van der Waals surface area (Å²) in [6, 6.07) is 17.3. The Bertz CT molecular complexity index is 1310. The molecule has 0 unspecified atom stereocenters. The molecule has 33 heavy (non-hydrogen) atoms. The molecule has 2 aromatic carbocycles. The number of nitrogens with zero attached hydrogens (tertiary/aromatic N) is 3. The maximum atomic E-state index is 12.8. The highest BCUT2D eigenvalue weighted by Gasteiger charge is 2.13. The molecule has 4 aromatic rings. The topological polar surface area (TPSA) is 91.8 Å². The Labute approximate surface area is 196 Å². The van der Waals surface area contributed by atoms with E-state index in [4.69, 9.17) is 11.6 Å². The van der Waals surface area contributed by atoms with E-state index >= 15 is 0 Å². The SMILES string of the molecule is O=C(Nc1ccc2cc1CCc1cncc(c1)Nc1ncc(Cl)c(n1)NC2)c1ccccc1. The van der Waals surface area contributed by atoms with Crippen LogP contribution in [0.4, 0.5) is 23.1 Å². The first-order chi connectivity index (χ1) is 16.1. The van der Waals surface area contributed by atoms with E-state index in [9.17, 15) is 4.79 Å². The van der Waals surface area contributed by atoms with Gasteiger partial charge in [-0.15, -0.1) is 0 Å². The van der Waals surface area contributed by atoms with Crippen molar-refractivity contribution in [3.05, 3.63) is 100 Å². The normalized spacial score (nSPS) is 12.6. The van der Waals surface area contributed by atoms with Crippen LogP contribution in [0.5, 0.6) is 0 Å². The van der Waals surface area contributed by atoms with Crippen LogP contribution in [-0.2, 0) is 19.4 Å². The summed E-state index contributed by atoms with van der Waals surface area (Å²) in [5, 5.41) is 9.97. The van der Waals surface area contributed by atoms with Crippen molar-refractivity contribution in [2.75, 3.05) is 16.0 Å². The zero-order valence-corrected chi connectivity index (χ0v) is 18.4. The Balaban J connectivity index is 1.49. The maximum absolute atomic E-state index is 12.8. The van der Waals surface area contributed by atoms with Crippen LogP contribution in [0.25, 0.3) is 0 Å². The van der Waals surface area contributed by atoms with Crippen LogP contribution in [0, 0.1) is 0 Å². The van der Waals surface area contributed by atoms with Crippen molar-refractivity contribution in [1.29, 1.82) is 0 Å². The van der Waals surface area contributed by atoms with Crippen molar-refractivity contribution in [3.63, 3.8) is 0 Å². The van der Waals surface area contributed by atoms with Gasteiger partial charge in [-0.05, 0) is 53.8 Å². The molecular weight excluding hydrogens is 436 g/mol. The summed E-state index contributed by atoms with van der Waals surface area (Å²) < 4.78 is 0. The predicted molar refractivity (Wildman–Crippen MR) is 130 cm³/mol. The number of aryl methyl sites for hydroxylation is 2. The molecule has 1 amide bonds. The molecule has 8 heteroatoms. The summed E-state index contributed by atoms with van der Waals surface area (Å²) in [5.41, 5.74) is 5.37. The second kappa shape index (κ2) is 9.26. The van der Waals surface area contributed by atoms with Crippen molar-refractivity contribution in [2.24, 2.45) is 0 Å². The Morgan fingerprint density at radius 3 is 2.73 bits per heavy atom. The summed E-state index contributed by atoms with van der Waals surface area (Å²) in [4.78, 5) is 25.9. The minimum Gasteiger partial charge on any atom is -0.365 e. The maximum Gasteiger partial charge on any atom is 0.255 e. The number of nitrogens with one attached hydrogen (secondary N) is 3. The van der Waals surface area contributed by atoms with Gasteiger partial charge in [0.2, 0.25) is 5.95 Å². The molecule has 2 aromatic heterocycles. The lowest BCUT2D eigenvalue weighted by atomic mass is 10.0. The minimum absolute atomic E-state index is 0.134. The number of benzene rings is 2. The molecule has 3 N–H and O–H groups in total. The standard InChI is InChI=1S/C25H21ClN6O/c26-21-15-29-25-30-20-11-17(12-27-14-20)6-8-19-10-16(13-28-23(21)32-25)7-9-22(19)31-24(33)18-4-2-1-3-5-18/h1-5,7,9-12,14-15H,6,8,13H2,(H,31,33)(H2,28,29,30,32). The Morgan fingerprint density at radius 2 is 1.85 bits per heavy atom. The van der Waals surface area contributed by atoms with Crippen molar-refractivity contribution in [3.8, 4) is 0 Å². The van der Waals surface area contributed by atoms with Crippen LogP contribution in [-0.4, -0.2) is 20.9 Å². The van der Waals surface area contributed by atoms with E-state index < -0.39 is 0 Å². The van der Waals surface area contributed by atoms with Gasteiger partial charge in [0, 0.05) is 24.0 Å². The highest BCUT2D eigenvalue weighted by atomic mass is 35.5. The lowest BCUT2D eigenvalue weighted by molar-refractivity contribution is 0.102. The molecule has 164 valence electrons. The van der Waals surface area contributed by atoms with Crippen molar-refractivity contribution >= 4 is 40.6 Å². The largest absolute Gasteiger partial charge is 0.365 e. The first-order valence-electron chi connectivity index (χ1n) is 10.6. The molecule has 0 saturated heterocycles. The molecule has 0 saturated carbocycles. The smallest absolute Gasteiger partial charge is 0.255 e. The number of halogens is 1. The fourth-order valence-corrected chi connectivity index (χ4v) is 3.87. The number of hydrogen-bond donors (Lipinski definition) is 3. The number of fused-ring (bicyclic) bond motifs is 6. The van der Waals surface area contributed by atoms with Crippen LogP contribution in [0.1, 0.15) is 27.0 Å². The van der Waals surface area contributed by atoms with Gasteiger partial charge in [-0.25, -0.2) is 4.98 Å². The molecule has 0 atom stereocenters. The van der Waals surface area contributed by atoms with Gasteiger partial charge in [0.25, 0.3) is 5.91 Å². The Hall–Kier alpha value is -3.97. The second-order valence-electron chi connectivity index (χ2n) is 7.76. The van der Waals surface area contributed by atoms with Crippen LogP contribution in [0.2, 0.25) is 5.02 Å². The zero-order chi connectivity index (χ0) is 22.6. The minimum atomic E-state index is -0.134. The fraction of sp³-hybridized carbons (Fsp3) is 0.120. The summed E-state index contributed by atoms with van der Waals surface area (Å²) in [6.07, 6.45) is 6.65. The molecular formula is C25H21ClN6O. The van der Waals surface area contributed by atoms with Gasteiger partial charge in [-0.3, -0.25) is 9.78 Å². The number of hydrogen-bond acceptors (Lipinski definition) is 6. The number of rotatable bonds is 2. The van der Waals surface area contributed by atoms with Crippen LogP contribution >= 0.6 is 11.6 Å². The third kappa shape index (κ3) is 4.94. The molecule has 7 nitrogen and oxygen atoms in total.